The molecule has 0 aliphatic carbocycles. The van der Waals surface area contributed by atoms with E-state index in [4.69, 9.17) is 0 Å². The zero-order valence-corrected chi connectivity index (χ0v) is 12.6. The highest BCUT2D eigenvalue weighted by molar-refractivity contribution is 5.47. The first-order valence-electron chi connectivity index (χ1n) is 7.43. The number of hydrogen-bond acceptors (Lipinski definition) is 2. The van der Waals surface area contributed by atoms with E-state index in [1.807, 2.05) is 22.7 Å². The van der Waals surface area contributed by atoms with Gasteiger partial charge in [-0.2, -0.15) is 0 Å². The molecule has 1 amide bonds. The molecule has 1 aromatic heterocycles. The first kappa shape index (κ1) is 15.3. The Hall–Kier alpha value is -2.10. The minimum Gasteiger partial charge on any atom is -0.345 e. The SMILES string of the molecule is Cn1ccnc1.O=CN1CCC(Cc2ccccc2)CC1. The van der Waals surface area contributed by atoms with Crippen LogP contribution < -0.4 is 0 Å². The first-order valence-corrected chi connectivity index (χ1v) is 7.43. The maximum Gasteiger partial charge on any atom is 0.209 e. The number of likely N-dealkylation sites (tertiary alicyclic amines) is 1. The largest absolute Gasteiger partial charge is 0.345 e. The summed E-state index contributed by atoms with van der Waals surface area (Å²) in [4.78, 5) is 16.2. The summed E-state index contributed by atoms with van der Waals surface area (Å²) in [5, 5.41) is 0. The van der Waals surface area contributed by atoms with Gasteiger partial charge in [-0.05, 0) is 30.7 Å². The van der Waals surface area contributed by atoms with Gasteiger partial charge in [-0.25, -0.2) is 4.98 Å². The number of nitrogens with zero attached hydrogens (tertiary/aromatic N) is 3. The average molecular weight is 285 g/mol. The number of aromatic nitrogens is 2. The van der Waals surface area contributed by atoms with Crippen molar-refractivity contribution in [3.8, 4) is 0 Å². The molecule has 3 rings (SSSR count). The van der Waals surface area contributed by atoms with Crippen molar-refractivity contribution >= 4 is 6.41 Å². The fourth-order valence-corrected chi connectivity index (χ4v) is 2.54. The van der Waals surface area contributed by atoms with Crippen LogP contribution in [0.15, 0.2) is 49.1 Å². The van der Waals surface area contributed by atoms with Crippen molar-refractivity contribution in [1.82, 2.24) is 14.5 Å². The van der Waals surface area contributed by atoms with Gasteiger partial charge in [0.15, 0.2) is 0 Å². The molecule has 0 bridgehead atoms. The van der Waals surface area contributed by atoms with Crippen molar-refractivity contribution < 1.29 is 4.79 Å². The van der Waals surface area contributed by atoms with Gasteiger partial charge in [0.2, 0.25) is 6.41 Å². The standard InChI is InChI=1S/C13H17NO.C4H6N2/c15-11-14-8-6-13(7-9-14)10-12-4-2-1-3-5-12;1-6-3-2-5-4-6/h1-5,11,13H,6-10H2;2-4H,1H3. The molecule has 1 aliphatic rings. The van der Waals surface area contributed by atoms with Gasteiger partial charge in [0.05, 0.1) is 6.33 Å². The monoisotopic (exact) mass is 285 g/mol. The van der Waals surface area contributed by atoms with E-state index < -0.39 is 0 Å². The molecule has 0 N–H and O–H groups in total. The molecular weight excluding hydrogens is 262 g/mol. The van der Waals surface area contributed by atoms with Gasteiger partial charge in [-0.3, -0.25) is 4.79 Å². The van der Waals surface area contributed by atoms with Crippen molar-refractivity contribution in [2.45, 2.75) is 19.3 Å². The molecule has 2 heterocycles. The maximum absolute atomic E-state index is 10.6. The van der Waals surface area contributed by atoms with Crippen molar-refractivity contribution in [2.24, 2.45) is 13.0 Å². The van der Waals surface area contributed by atoms with Crippen LogP contribution in [0.3, 0.4) is 0 Å². The average Bonchev–Trinajstić information content (AvgIpc) is 3.01. The Morgan fingerprint density at radius 3 is 2.43 bits per heavy atom. The fourth-order valence-electron chi connectivity index (χ4n) is 2.54. The highest BCUT2D eigenvalue weighted by Gasteiger charge is 2.17. The predicted molar refractivity (Wildman–Crippen MR) is 83.7 cm³/mol. The van der Waals surface area contributed by atoms with Crippen molar-refractivity contribution in [1.29, 1.82) is 0 Å². The zero-order chi connectivity index (χ0) is 14.9. The third-order valence-electron chi connectivity index (χ3n) is 3.80. The summed E-state index contributed by atoms with van der Waals surface area (Å²) < 4.78 is 1.89. The Kier molecular flexibility index (Phi) is 6.00. The molecule has 0 radical (unpaired) electrons. The van der Waals surface area contributed by atoms with E-state index in [0.717, 1.165) is 44.7 Å². The molecule has 4 nitrogen and oxygen atoms in total. The van der Waals surface area contributed by atoms with Gasteiger partial charge in [0.25, 0.3) is 0 Å². The summed E-state index contributed by atoms with van der Waals surface area (Å²) in [6.45, 7) is 1.86. The summed E-state index contributed by atoms with van der Waals surface area (Å²) in [5.74, 6) is 0.753. The molecule has 21 heavy (non-hydrogen) atoms. The molecule has 1 fully saturated rings. The van der Waals surface area contributed by atoms with E-state index in [1.165, 1.54) is 5.56 Å². The Labute approximate surface area is 126 Å². The summed E-state index contributed by atoms with van der Waals surface area (Å²) in [5.41, 5.74) is 1.42. The number of benzene rings is 1. The quantitative estimate of drug-likeness (QED) is 0.813. The van der Waals surface area contributed by atoms with Crippen LogP contribution in [-0.2, 0) is 18.3 Å². The summed E-state index contributed by atoms with van der Waals surface area (Å²) in [6, 6.07) is 10.6. The second-order valence-electron chi connectivity index (χ2n) is 5.50. The van der Waals surface area contributed by atoms with Crippen LogP contribution in [0.4, 0.5) is 0 Å². The Morgan fingerprint density at radius 2 is 1.95 bits per heavy atom. The molecule has 0 unspecified atom stereocenters. The van der Waals surface area contributed by atoms with Gasteiger partial charge >= 0.3 is 0 Å². The van der Waals surface area contributed by atoms with Gasteiger partial charge < -0.3 is 9.47 Å². The van der Waals surface area contributed by atoms with E-state index in [2.05, 4.69) is 35.3 Å². The van der Waals surface area contributed by atoms with E-state index in [0.29, 0.717) is 0 Å². The Bertz CT molecular complexity index is 502. The third-order valence-corrected chi connectivity index (χ3v) is 3.80. The topological polar surface area (TPSA) is 38.1 Å². The molecule has 0 saturated carbocycles. The minimum atomic E-state index is 0.753. The predicted octanol–water partition coefficient (Wildman–Crippen LogP) is 2.52. The Balaban J connectivity index is 0.000000225. The molecule has 1 saturated heterocycles. The number of aryl methyl sites for hydroxylation is 1. The van der Waals surface area contributed by atoms with Gasteiger partial charge in [0, 0.05) is 32.5 Å². The van der Waals surface area contributed by atoms with Crippen LogP contribution in [0.25, 0.3) is 0 Å². The van der Waals surface area contributed by atoms with Crippen molar-refractivity contribution in [2.75, 3.05) is 13.1 Å². The molecular formula is C17H23N3O. The first-order chi connectivity index (χ1) is 10.3. The van der Waals surface area contributed by atoms with Crippen LogP contribution in [-0.4, -0.2) is 34.0 Å². The molecule has 0 atom stereocenters. The lowest BCUT2D eigenvalue weighted by Crippen LogP contribution is -2.33. The molecule has 1 aromatic carbocycles. The number of hydrogen-bond donors (Lipinski definition) is 0. The zero-order valence-electron chi connectivity index (χ0n) is 12.6. The molecule has 4 heteroatoms. The third kappa shape index (κ3) is 5.42. The molecule has 1 aliphatic heterocycles. The van der Waals surface area contributed by atoms with Crippen molar-refractivity contribution in [3.05, 3.63) is 54.6 Å². The number of piperidine rings is 1. The number of rotatable bonds is 3. The number of amides is 1. The smallest absolute Gasteiger partial charge is 0.209 e. The molecule has 0 spiro atoms. The van der Waals surface area contributed by atoms with Crippen LogP contribution in [0.1, 0.15) is 18.4 Å². The lowest BCUT2D eigenvalue weighted by molar-refractivity contribution is -0.119. The van der Waals surface area contributed by atoms with Crippen molar-refractivity contribution in [3.63, 3.8) is 0 Å². The van der Waals surface area contributed by atoms with Gasteiger partial charge in [-0.15, -0.1) is 0 Å². The van der Waals surface area contributed by atoms with E-state index in [-0.39, 0.29) is 0 Å². The van der Waals surface area contributed by atoms with Gasteiger partial charge in [-0.1, -0.05) is 30.3 Å². The van der Waals surface area contributed by atoms with E-state index >= 15 is 0 Å². The second kappa shape index (κ2) is 8.25. The lowest BCUT2D eigenvalue weighted by atomic mass is 9.90. The van der Waals surface area contributed by atoms with Crippen LogP contribution in [0.5, 0.6) is 0 Å². The number of carbonyl (C=O) groups is 1. The van der Waals surface area contributed by atoms with E-state index in [9.17, 15) is 4.79 Å². The maximum atomic E-state index is 10.6. The summed E-state index contributed by atoms with van der Waals surface area (Å²) in [7, 11) is 1.94. The Morgan fingerprint density at radius 1 is 1.24 bits per heavy atom. The highest BCUT2D eigenvalue weighted by atomic mass is 16.1. The minimum absolute atomic E-state index is 0.753. The summed E-state index contributed by atoms with van der Waals surface area (Å²) in [6.07, 6.45) is 9.81. The van der Waals surface area contributed by atoms with Crippen LogP contribution in [0.2, 0.25) is 0 Å². The molecule has 2 aromatic rings. The van der Waals surface area contributed by atoms with Gasteiger partial charge in [0.1, 0.15) is 0 Å². The van der Waals surface area contributed by atoms with Crippen LogP contribution in [0, 0.1) is 5.92 Å². The second-order valence-corrected chi connectivity index (χ2v) is 5.50. The van der Waals surface area contributed by atoms with Crippen LogP contribution >= 0.6 is 0 Å². The van der Waals surface area contributed by atoms with E-state index in [1.54, 1.807) is 12.5 Å². The lowest BCUT2D eigenvalue weighted by Gasteiger charge is -2.29. The fraction of sp³-hybridized carbons (Fsp3) is 0.412. The number of imidazole rings is 1. The number of carbonyl (C=O) groups excluding carboxylic acids is 1. The normalized spacial score (nSPS) is 15.2. The summed E-state index contributed by atoms with van der Waals surface area (Å²) >= 11 is 0. The highest BCUT2D eigenvalue weighted by Crippen LogP contribution is 2.20. The molecule has 112 valence electrons.